The first-order valence-electron chi connectivity index (χ1n) is 5.64. The van der Waals surface area contributed by atoms with Crippen LogP contribution in [0, 0.1) is 0 Å². The molecule has 6 heteroatoms. The summed E-state index contributed by atoms with van der Waals surface area (Å²) in [5.41, 5.74) is 10.8. The van der Waals surface area contributed by atoms with Crippen molar-refractivity contribution in [2.45, 2.75) is 19.3 Å². The average Bonchev–Trinajstić information content (AvgIpc) is 2.36. The highest BCUT2D eigenvalue weighted by molar-refractivity contribution is 6.30. The molecule has 0 aromatic heterocycles. The van der Waals surface area contributed by atoms with Crippen molar-refractivity contribution in [3.63, 3.8) is 0 Å². The molecule has 0 spiro atoms. The molecule has 1 aromatic rings. The van der Waals surface area contributed by atoms with Crippen LogP contribution in [0.5, 0.6) is 0 Å². The van der Waals surface area contributed by atoms with Crippen LogP contribution in [0.2, 0.25) is 5.02 Å². The Labute approximate surface area is 111 Å². The Balaban J connectivity index is 2.24. The van der Waals surface area contributed by atoms with Gasteiger partial charge in [-0.3, -0.25) is 20.4 Å². The van der Waals surface area contributed by atoms with Gasteiger partial charge in [-0.2, -0.15) is 0 Å². The Bertz CT molecular complexity index is 406. The number of hydrogen-bond acceptors (Lipinski definition) is 3. The summed E-state index contributed by atoms with van der Waals surface area (Å²) in [4.78, 5) is 22.4. The fourth-order valence-electron chi connectivity index (χ4n) is 1.30. The molecule has 1 aromatic carbocycles. The normalized spacial score (nSPS) is 9.89. The molecule has 0 radical (unpaired) electrons. The molecule has 0 aliphatic carbocycles. The lowest BCUT2D eigenvalue weighted by Crippen LogP contribution is -2.42. The molecular formula is C12H16ClN3O2. The van der Waals surface area contributed by atoms with Crippen molar-refractivity contribution in [2.75, 3.05) is 6.54 Å². The molecule has 5 nitrogen and oxygen atoms in total. The van der Waals surface area contributed by atoms with E-state index < -0.39 is 0 Å². The first-order valence-corrected chi connectivity index (χ1v) is 6.02. The summed E-state index contributed by atoms with van der Waals surface area (Å²) in [6.07, 6.45) is 1.08. The molecule has 1 rings (SSSR count). The van der Waals surface area contributed by atoms with Gasteiger partial charge in [0.15, 0.2) is 0 Å². The van der Waals surface area contributed by atoms with Gasteiger partial charge in [0.25, 0.3) is 0 Å². The van der Waals surface area contributed by atoms with Gasteiger partial charge in [-0.15, -0.1) is 0 Å². The minimum absolute atomic E-state index is 0.192. The van der Waals surface area contributed by atoms with Crippen LogP contribution in [0.4, 0.5) is 0 Å². The summed E-state index contributed by atoms with van der Waals surface area (Å²) in [6, 6.07) is 7.28. The number of halogens is 1. The molecule has 2 amide bonds. The Morgan fingerprint density at radius 2 is 1.61 bits per heavy atom. The molecule has 18 heavy (non-hydrogen) atoms. The number of carbonyl (C=O) groups excluding carboxylic acids is 2. The number of amides is 2. The van der Waals surface area contributed by atoms with Crippen molar-refractivity contribution >= 4 is 23.4 Å². The van der Waals surface area contributed by atoms with E-state index in [4.69, 9.17) is 17.3 Å². The van der Waals surface area contributed by atoms with E-state index in [0.717, 1.165) is 5.56 Å². The van der Waals surface area contributed by atoms with Gasteiger partial charge in [-0.1, -0.05) is 23.7 Å². The van der Waals surface area contributed by atoms with E-state index in [-0.39, 0.29) is 24.8 Å². The van der Waals surface area contributed by atoms with Gasteiger partial charge < -0.3 is 5.73 Å². The number of benzene rings is 1. The van der Waals surface area contributed by atoms with E-state index in [1.165, 1.54) is 0 Å². The van der Waals surface area contributed by atoms with Gasteiger partial charge >= 0.3 is 0 Å². The highest BCUT2D eigenvalue weighted by Crippen LogP contribution is 2.10. The van der Waals surface area contributed by atoms with Crippen LogP contribution in [0.25, 0.3) is 0 Å². The summed E-state index contributed by atoms with van der Waals surface area (Å²) >= 11 is 5.75. The Hall–Kier alpha value is -1.59. The smallest absolute Gasteiger partial charge is 0.239 e. The van der Waals surface area contributed by atoms with Gasteiger partial charge in [0.1, 0.15) is 0 Å². The van der Waals surface area contributed by atoms with Gasteiger partial charge in [-0.05, 0) is 24.1 Å². The van der Waals surface area contributed by atoms with Crippen molar-refractivity contribution in [2.24, 2.45) is 5.73 Å². The topological polar surface area (TPSA) is 84.2 Å². The third-order valence-electron chi connectivity index (χ3n) is 2.27. The number of hydrazine groups is 1. The maximum Gasteiger partial charge on any atom is 0.239 e. The highest BCUT2D eigenvalue weighted by Gasteiger charge is 2.04. The average molecular weight is 270 g/mol. The zero-order valence-corrected chi connectivity index (χ0v) is 10.7. The van der Waals surface area contributed by atoms with Crippen molar-refractivity contribution in [1.29, 1.82) is 0 Å². The molecule has 0 heterocycles. The summed E-state index contributed by atoms with van der Waals surface area (Å²) in [5, 5.41) is 0.664. The monoisotopic (exact) mass is 269 g/mol. The zero-order valence-electron chi connectivity index (χ0n) is 9.91. The number of nitrogens with one attached hydrogen (secondary N) is 2. The largest absolute Gasteiger partial charge is 0.330 e. The number of aryl methyl sites for hydroxylation is 1. The maximum atomic E-state index is 11.4. The van der Waals surface area contributed by atoms with E-state index in [1.807, 2.05) is 12.1 Å². The van der Waals surface area contributed by atoms with Crippen LogP contribution in [0.3, 0.4) is 0 Å². The number of nitrogens with two attached hydrogens (primary N) is 1. The van der Waals surface area contributed by atoms with Gasteiger partial charge in [0.2, 0.25) is 11.8 Å². The molecule has 0 atom stereocenters. The minimum atomic E-state index is -0.294. The quantitative estimate of drug-likeness (QED) is 0.691. The van der Waals surface area contributed by atoms with E-state index >= 15 is 0 Å². The summed E-state index contributed by atoms with van der Waals surface area (Å²) < 4.78 is 0. The molecule has 98 valence electrons. The summed E-state index contributed by atoms with van der Waals surface area (Å²) in [7, 11) is 0. The fraction of sp³-hybridized carbons (Fsp3) is 0.333. The van der Waals surface area contributed by atoms with Crippen molar-refractivity contribution in [1.82, 2.24) is 10.9 Å². The van der Waals surface area contributed by atoms with Gasteiger partial charge in [0.05, 0.1) is 0 Å². The van der Waals surface area contributed by atoms with Crippen LogP contribution in [-0.2, 0) is 16.0 Å². The molecular weight excluding hydrogens is 254 g/mol. The number of rotatable bonds is 5. The molecule has 0 bridgehead atoms. The molecule has 0 unspecified atom stereocenters. The summed E-state index contributed by atoms with van der Waals surface area (Å²) in [5.74, 6) is -0.535. The second-order valence-electron chi connectivity index (χ2n) is 3.76. The third kappa shape index (κ3) is 5.65. The van der Waals surface area contributed by atoms with Crippen molar-refractivity contribution in [3.8, 4) is 0 Å². The van der Waals surface area contributed by atoms with E-state index in [2.05, 4.69) is 10.9 Å². The van der Waals surface area contributed by atoms with Gasteiger partial charge in [-0.25, -0.2) is 0 Å². The molecule has 0 aliphatic heterocycles. The lowest BCUT2D eigenvalue weighted by atomic mass is 10.1. The predicted octanol–water partition coefficient (Wildman–Crippen LogP) is 0.769. The van der Waals surface area contributed by atoms with E-state index in [0.29, 0.717) is 17.9 Å². The lowest BCUT2D eigenvalue weighted by Gasteiger charge is -2.06. The third-order valence-corrected chi connectivity index (χ3v) is 2.52. The van der Waals surface area contributed by atoms with E-state index in [1.54, 1.807) is 12.1 Å². The second-order valence-corrected chi connectivity index (χ2v) is 4.20. The predicted molar refractivity (Wildman–Crippen MR) is 69.7 cm³/mol. The van der Waals surface area contributed by atoms with Crippen molar-refractivity contribution in [3.05, 3.63) is 34.9 Å². The lowest BCUT2D eigenvalue weighted by molar-refractivity contribution is -0.128. The van der Waals surface area contributed by atoms with Crippen LogP contribution in [0.1, 0.15) is 18.4 Å². The fourth-order valence-corrected chi connectivity index (χ4v) is 1.43. The maximum absolute atomic E-state index is 11.4. The number of hydrogen-bond donors (Lipinski definition) is 3. The minimum Gasteiger partial charge on any atom is -0.330 e. The molecule has 4 N–H and O–H groups in total. The number of carbonyl (C=O) groups is 2. The van der Waals surface area contributed by atoms with Gasteiger partial charge in [0, 0.05) is 24.4 Å². The van der Waals surface area contributed by atoms with Crippen LogP contribution < -0.4 is 16.6 Å². The van der Waals surface area contributed by atoms with Crippen LogP contribution >= 0.6 is 11.6 Å². The summed E-state index contributed by atoms with van der Waals surface area (Å²) in [6.45, 7) is 0.256. The Morgan fingerprint density at radius 3 is 2.17 bits per heavy atom. The standard InChI is InChI=1S/C12H16ClN3O2/c13-10-4-1-9(2-5-10)3-6-11(17)15-16-12(18)7-8-14/h1-2,4-5H,3,6-8,14H2,(H,15,17)(H,16,18). The van der Waals surface area contributed by atoms with Crippen LogP contribution in [0.15, 0.2) is 24.3 Å². The SMILES string of the molecule is NCCC(=O)NNC(=O)CCc1ccc(Cl)cc1. The molecule has 0 aliphatic rings. The highest BCUT2D eigenvalue weighted by atomic mass is 35.5. The Kier molecular flexibility index (Phi) is 6.18. The zero-order chi connectivity index (χ0) is 13.4. The van der Waals surface area contributed by atoms with Crippen LogP contribution in [-0.4, -0.2) is 18.4 Å². The van der Waals surface area contributed by atoms with Crippen molar-refractivity contribution < 1.29 is 9.59 Å². The Morgan fingerprint density at radius 1 is 1.06 bits per heavy atom. The second kappa shape index (κ2) is 7.68. The first kappa shape index (κ1) is 14.5. The molecule has 0 saturated heterocycles. The van der Waals surface area contributed by atoms with E-state index in [9.17, 15) is 9.59 Å². The molecule has 0 saturated carbocycles. The first-order chi connectivity index (χ1) is 8.61. The molecule has 0 fully saturated rings.